The lowest BCUT2D eigenvalue weighted by Gasteiger charge is -2.49. The Balaban J connectivity index is 1.48. The second kappa shape index (κ2) is 7.06. The van der Waals surface area contributed by atoms with E-state index in [2.05, 4.69) is 27.2 Å². The van der Waals surface area contributed by atoms with Gasteiger partial charge in [-0.15, -0.1) is 0 Å². The monoisotopic (exact) mass is 392 g/mol. The highest BCUT2D eigenvalue weighted by molar-refractivity contribution is 5.83. The van der Waals surface area contributed by atoms with Crippen LogP contribution in [0, 0.1) is 16.0 Å². The summed E-state index contributed by atoms with van der Waals surface area (Å²) < 4.78 is 0. The van der Waals surface area contributed by atoms with Crippen LogP contribution in [0.25, 0.3) is 0 Å². The predicted molar refractivity (Wildman–Crippen MR) is 111 cm³/mol. The molecule has 5 rings (SSSR count). The van der Waals surface area contributed by atoms with Crippen molar-refractivity contribution in [3.63, 3.8) is 0 Å². The van der Waals surface area contributed by atoms with E-state index in [1.54, 1.807) is 12.1 Å². The van der Waals surface area contributed by atoms with Crippen LogP contribution in [0.4, 0.5) is 17.1 Å². The van der Waals surface area contributed by atoms with Crippen molar-refractivity contribution in [2.45, 2.75) is 31.3 Å². The molecular formula is C22H24N4O3. The number of rotatable bonds is 4. The maximum Gasteiger partial charge on any atom is 0.269 e. The second-order valence-electron chi connectivity index (χ2n) is 8.21. The molecular weight excluding hydrogens is 368 g/mol. The van der Waals surface area contributed by atoms with Crippen molar-refractivity contribution < 1.29 is 9.72 Å². The van der Waals surface area contributed by atoms with Crippen LogP contribution < -0.4 is 15.1 Å². The van der Waals surface area contributed by atoms with Crippen molar-refractivity contribution >= 4 is 23.0 Å². The van der Waals surface area contributed by atoms with Crippen molar-refractivity contribution in [3.8, 4) is 0 Å². The quantitative estimate of drug-likeness (QED) is 0.639. The van der Waals surface area contributed by atoms with Gasteiger partial charge in [-0.2, -0.15) is 0 Å². The molecule has 2 atom stereocenters. The molecule has 2 aromatic rings. The lowest BCUT2D eigenvalue weighted by Crippen LogP contribution is -2.61. The Morgan fingerprint density at radius 3 is 2.62 bits per heavy atom. The summed E-state index contributed by atoms with van der Waals surface area (Å²) in [6, 6.07) is 15.7. The van der Waals surface area contributed by atoms with Crippen LogP contribution in [0.1, 0.15) is 18.4 Å². The number of nitro benzene ring substituents is 1. The van der Waals surface area contributed by atoms with Gasteiger partial charge in [0.05, 0.1) is 16.9 Å². The number of amides is 1. The number of piperazine rings is 1. The molecule has 1 N–H and O–H groups in total. The maximum absolute atomic E-state index is 13.1. The van der Waals surface area contributed by atoms with Gasteiger partial charge in [0.2, 0.25) is 5.91 Å². The number of hydrogen-bond acceptors (Lipinski definition) is 5. The summed E-state index contributed by atoms with van der Waals surface area (Å²) in [6.45, 7) is 2.41. The molecule has 1 saturated carbocycles. The minimum Gasteiger partial charge on any atom is -0.368 e. The van der Waals surface area contributed by atoms with Gasteiger partial charge < -0.3 is 15.1 Å². The summed E-state index contributed by atoms with van der Waals surface area (Å²) in [4.78, 5) is 28.6. The number of fused-ring (bicyclic) bond motifs is 3. The van der Waals surface area contributed by atoms with Crippen LogP contribution in [0.2, 0.25) is 0 Å². The van der Waals surface area contributed by atoms with Crippen LogP contribution in [0.15, 0.2) is 48.5 Å². The van der Waals surface area contributed by atoms with Gasteiger partial charge in [0.1, 0.15) is 0 Å². The van der Waals surface area contributed by atoms with E-state index < -0.39 is 0 Å². The Labute approximate surface area is 169 Å². The summed E-state index contributed by atoms with van der Waals surface area (Å²) in [5.41, 5.74) is 3.19. The van der Waals surface area contributed by atoms with E-state index in [0.717, 1.165) is 43.7 Å². The molecule has 29 heavy (non-hydrogen) atoms. The van der Waals surface area contributed by atoms with Crippen LogP contribution in [0.3, 0.4) is 0 Å². The fourth-order valence-electron chi connectivity index (χ4n) is 4.63. The average molecular weight is 392 g/mol. The molecule has 1 aliphatic carbocycles. The van der Waals surface area contributed by atoms with E-state index >= 15 is 0 Å². The van der Waals surface area contributed by atoms with Crippen molar-refractivity contribution in [2.24, 2.45) is 5.92 Å². The minimum absolute atomic E-state index is 0.0525. The maximum atomic E-state index is 13.1. The van der Waals surface area contributed by atoms with Gasteiger partial charge in [-0.3, -0.25) is 14.9 Å². The molecule has 0 aromatic heterocycles. The van der Waals surface area contributed by atoms with E-state index in [-0.39, 0.29) is 28.5 Å². The van der Waals surface area contributed by atoms with Crippen LogP contribution in [-0.2, 0) is 11.2 Å². The van der Waals surface area contributed by atoms with Crippen LogP contribution in [0.5, 0.6) is 0 Å². The van der Waals surface area contributed by atoms with Gasteiger partial charge in [-0.05, 0) is 43.0 Å². The van der Waals surface area contributed by atoms with E-state index in [1.165, 1.54) is 5.69 Å². The number of carbonyl (C=O) groups is 1. The third-order valence-electron chi connectivity index (χ3n) is 6.29. The lowest BCUT2D eigenvalue weighted by molar-refractivity contribution is -0.384. The molecule has 3 aliphatic rings. The Morgan fingerprint density at radius 1 is 1.10 bits per heavy atom. The standard InChI is InChI=1S/C22H24N4O3/c27-22(23-16-6-7-16)19-13-15-12-18(26(28)29)8-9-20(15)25-11-10-24(14-21(19)25)17-4-2-1-3-5-17/h1-5,8-9,12,16,19,21H,6-7,10-11,13-14H2,(H,23,27)/t19-,21+/m1/s1. The minimum atomic E-state index is -0.362. The number of carbonyl (C=O) groups excluding carboxylic acids is 1. The molecule has 1 saturated heterocycles. The highest BCUT2D eigenvalue weighted by Crippen LogP contribution is 2.39. The van der Waals surface area contributed by atoms with E-state index in [1.807, 2.05) is 24.3 Å². The predicted octanol–water partition coefficient (Wildman–Crippen LogP) is 2.74. The second-order valence-corrected chi connectivity index (χ2v) is 8.21. The fourth-order valence-corrected chi connectivity index (χ4v) is 4.63. The lowest BCUT2D eigenvalue weighted by atomic mass is 9.83. The van der Waals surface area contributed by atoms with Crippen molar-refractivity contribution in [1.29, 1.82) is 0 Å². The van der Waals surface area contributed by atoms with Crippen LogP contribution >= 0.6 is 0 Å². The molecule has 2 heterocycles. The number of hydrogen-bond donors (Lipinski definition) is 1. The van der Waals surface area contributed by atoms with Crippen molar-refractivity contribution in [1.82, 2.24) is 5.32 Å². The Morgan fingerprint density at radius 2 is 1.90 bits per heavy atom. The van der Waals surface area contributed by atoms with E-state index in [9.17, 15) is 14.9 Å². The molecule has 0 spiro atoms. The zero-order valence-corrected chi connectivity index (χ0v) is 16.2. The molecule has 1 amide bonds. The van der Waals surface area contributed by atoms with Gasteiger partial charge in [0, 0.05) is 49.2 Å². The van der Waals surface area contributed by atoms with E-state index in [0.29, 0.717) is 12.5 Å². The number of benzene rings is 2. The highest BCUT2D eigenvalue weighted by Gasteiger charge is 2.43. The number of para-hydroxylation sites is 1. The number of nitro groups is 1. The summed E-state index contributed by atoms with van der Waals surface area (Å²) >= 11 is 0. The Bertz CT molecular complexity index is 944. The molecule has 2 aromatic carbocycles. The zero-order chi connectivity index (χ0) is 20.0. The smallest absolute Gasteiger partial charge is 0.269 e. The molecule has 0 bridgehead atoms. The van der Waals surface area contributed by atoms with Crippen LogP contribution in [-0.4, -0.2) is 42.5 Å². The SMILES string of the molecule is O=C(NC1CC1)[C@@H]1Cc2cc([N+](=O)[O-])ccc2N2CCN(c3ccccc3)C[C@@H]12. The largest absolute Gasteiger partial charge is 0.368 e. The Kier molecular flexibility index (Phi) is 4.38. The number of nitrogens with zero attached hydrogens (tertiary/aromatic N) is 3. The number of anilines is 2. The summed E-state index contributed by atoms with van der Waals surface area (Å²) in [5, 5.41) is 14.4. The number of non-ortho nitro benzene ring substituents is 1. The first kappa shape index (κ1) is 18.0. The first-order valence-corrected chi connectivity index (χ1v) is 10.2. The third kappa shape index (κ3) is 3.41. The normalized spacial score (nSPS) is 23.2. The molecule has 7 nitrogen and oxygen atoms in total. The average Bonchev–Trinajstić information content (AvgIpc) is 3.56. The molecule has 150 valence electrons. The first-order chi connectivity index (χ1) is 14.1. The summed E-state index contributed by atoms with van der Waals surface area (Å²) in [5.74, 6) is -0.133. The van der Waals surface area contributed by atoms with Crippen molar-refractivity contribution in [2.75, 3.05) is 29.4 Å². The highest BCUT2D eigenvalue weighted by atomic mass is 16.6. The van der Waals surface area contributed by atoms with E-state index in [4.69, 9.17) is 0 Å². The topological polar surface area (TPSA) is 78.7 Å². The van der Waals surface area contributed by atoms with Gasteiger partial charge in [0.15, 0.2) is 0 Å². The molecule has 2 fully saturated rings. The Hall–Kier alpha value is -3.09. The first-order valence-electron chi connectivity index (χ1n) is 10.2. The zero-order valence-electron chi connectivity index (χ0n) is 16.2. The van der Waals surface area contributed by atoms with Gasteiger partial charge >= 0.3 is 0 Å². The van der Waals surface area contributed by atoms with Gasteiger partial charge in [-0.1, -0.05) is 18.2 Å². The van der Waals surface area contributed by atoms with Gasteiger partial charge in [0.25, 0.3) is 5.69 Å². The summed E-state index contributed by atoms with van der Waals surface area (Å²) in [6.07, 6.45) is 2.63. The van der Waals surface area contributed by atoms with Gasteiger partial charge in [-0.25, -0.2) is 0 Å². The molecule has 2 aliphatic heterocycles. The summed E-state index contributed by atoms with van der Waals surface area (Å²) in [7, 11) is 0. The molecule has 0 radical (unpaired) electrons. The fraction of sp³-hybridized carbons (Fsp3) is 0.409. The molecule has 7 heteroatoms. The molecule has 0 unspecified atom stereocenters. The third-order valence-corrected chi connectivity index (χ3v) is 6.29. The number of nitrogens with one attached hydrogen (secondary N) is 1. The van der Waals surface area contributed by atoms with Crippen molar-refractivity contribution in [3.05, 3.63) is 64.2 Å².